The van der Waals surface area contributed by atoms with Gasteiger partial charge in [0, 0.05) is 11.1 Å². The highest BCUT2D eigenvalue weighted by Crippen LogP contribution is 2.41. The summed E-state index contributed by atoms with van der Waals surface area (Å²) in [6.07, 6.45) is 5.39. The highest BCUT2D eigenvalue weighted by Gasteiger charge is 2.43. The van der Waals surface area contributed by atoms with E-state index in [0.717, 1.165) is 35.1 Å². The van der Waals surface area contributed by atoms with E-state index in [1.807, 2.05) is 49.4 Å². The molecule has 0 spiro atoms. The van der Waals surface area contributed by atoms with Crippen LogP contribution in [0.3, 0.4) is 0 Å². The van der Waals surface area contributed by atoms with Crippen molar-refractivity contribution in [1.29, 1.82) is 0 Å². The minimum absolute atomic E-state index is 0.00771. The zero-order valence-corrected chi connectivity index (χ0v) is 28.2. The summed E-state index contributed by atoms with van der Waals surface area (Å²) in [6, 6.07) is 25.8. The molecular formula is C43H33N3O5. The van der Waals surface area contributed by atoms with E-state index < -0.39 is 34.9 Å². The fourth-order valence-corrected chi connectivity index (χ4v) is 8.37. The number of amides is 2. The van der Waals surface area contributed by atoms with Crippen LogP contribution in [0.1, 0.15) is 113 Å². The summed E-state index contributed by atoms with van der Waals surface area (Å²) >= 11 is 0. The predicted octanol–water partition coefficient (Wildman–Crippen LogP) is 7.90. The van der Waals surface area contributed by atoms with Gasteiger partial charge in [0.2, 0.25) is 0 Å². The normalized spacial score (nSPS) is 16.2. The molecule has 8 heteroatoms. The van der Waals surface area contributed by atoms with Gasteiger partial charge in [0.15, 0.2) is 11.6 Å². The van der Waals surface area contributed by atoms with Gasteiger partial charge in [-0.3, -0.25) is 24.0 Å². The summed E-state index contributed by atoms with van der Waals surface area (Å²) < 4.78 is 0. The molecule has 0 saturated heterocycles. The number of fused-ring (bicyclic) bond motifs is 4. The molecular weight excluding hydrogens is 638 g/mol. The van der Waals surface area contributed by atoms with Crippen molar-refractivity contribution in [2.75, 3.05) is 4.90 Å². The van der Waals surface area contributed by atoms with Gasteiger partial charge in [0.25, 0.3) is 17.4 Å². The second-order valence-corrected chi connectivity index (χ2v) is 14.1. The van der Waals surface area contributed by atoms with Gasteiger partial charge in [-0.2, -0.15) is 0 Å². The van der Waals surface area contributed by atoms with E-state index in [2.05, 4.69) is 23.0 Å². The van der Waals surface area contributed by atoms with E-state index >= 15 is 0 Å². The number of carbonyl (C=O) groups is 4. The second-order valence-electron chi connectivity index (χ2n) is 14.1. The number of hydrogen-bond acceptors (Lipinski definition) is 6. The summed E-state index contributed by atoms with van der Waals surface area (Å²) in [5.41, 5.74) is 6.79. The van der Waals surface area contributed by atoms with Crippen molar-refractivity contribution in [2.45, 2.75) is 57.8 Å². The van der Waals surface area contributed by atoms with Gasteiger partial charge in [0.05, 0.1) is 27.7 Å². The fraction of sp³-hybridized carbons (Fsp3) is 0.209. The molecule has 9 rings (SSSR count). The first-order chi connectivity index (χ1) is 24.7. The number of carbonyl (C=O) groups excluding carboxylic acids is 4. The van der Waals surface area contributed by atoms with Crippen molar-refractivity contribution in [3.8, 4) is 0 Å². The Morgan fingerprint density at radius 3 is 1.96 bits per heavy atom. The molecule has 1 N–H and O–H groups in total. The Morgan fingerprint density at radius 1 is 0.686 bits per heavy atom. The van der Waals surface area contributed by atoms with Crippen LogP contribution in [0.15, 0.2) is 89.7 Å². The molecule has 1 aliphatic heterocycles. The summed E-state index contributed by atoms with van der Waals surface area (Å²) in [5.74, 6) is -2.59. The Balaban J connectivity index is 1.04. The number of imide groups is 1. The van der Waals surface area contributed by atoms with Crippen LogP contribution in [0.4, 0.5) is 5.69 Å². The Labute approximate surface area is 293 Å². The fourth-order valence-electron chi connectivity index (χ4n) is 8.37. The number of H-pyrrole nitrogens is 1. The topological polar surface area (TPSA) is 117 Å². The van der Waals surface area contributed by atoms with Crippen LogP contribution in [0.5, 0.6) is 0 Å². The van der Waals surface area contributed by atoms with Gasteiger partial charge in [-0.05, 0) is 120 Å². The number of ketones is 2. The number of aromatic amines is 1. The molecule has 51 heavy (non-hydrogen) atoms. The zero-order chi connectivity index (χ0) is 35.1. The van der Waals surface area contributed by atoms with Gasteiger partial charge in [0.1, 0.15) is 11.7 Å². The minimum atomic E-state index is -1.30. The molecule has 1 aromatic heterocycles. The highest BCUT2D eigenvalue weighted by atomic mass is 16.2. The van der Waals surface area contributed by atoms with Gasteiger partial charge in [-0.1, -0.05) is 55.3 Å². The third-order valence-corrected chi connectivity index (χ3v) is 11.2. The zero-order valence-electron chi connectivity index (χ0n) is 28.2. The van der Waals surface area contributed by atoms with E-state index in [9.17, 15) is 24.0 Å². The summed E-state index contributed by atoms with van der Waals surface area (Å²) in [4.78, 5) is 77.1. The van der Waals surface area contributed by atoms with Crippen molar-refractivity contribution in [2.24, 2.45) is 0 Å². The van der Waals surface area contributed by atoms with Crippen LogP contribution < -0.4 is 10.5 Å². The lowest BCUT2D eigenvalue weighted by Gasteiger charge is -2.22. The average molecular weight is 672 g/mol. The lowest BCUT2D eigenvalue weighted by atomic mass is 9.90. The Hall–Kier alpha value is -6.02. The Kier molecular flexibility index (Phi) is 7.00. The van der Waals surface area contributed by atoms with E-state index in [0.29, 0.717) is 39.7 Å². The molecule has 1 fully saturated rings. The van der Waals surface area contributed by atoms with Gasteiger partial charge >= 0.3 is 0 Å². The van der Waals surface area contributed by atoms with E-state index in [-0.39, 0.29) is 28.1 Å². The van der Waals surface area contributed by atoms with Crippen LogP contribution in [0.2, 0.25) is 0 Å². The monoisotopic (exact) mass is 671 g/mol. The van der Waals surface area contributed by atoms with Gasteiger partial charge < -0.3 is 4.98 Å². The van der Waals surface area contributed by atoms with Crippen molar-refractivity contribution in [1.82, 2.24) is 9.97 Å². The van der Waals surface area contributed by atoms with Crippen molar-refractivity contribution in [3.63, 3.8) is 0 Å². The lowest BCUT2D eigenvalue weighted by molar-refractivity contribution is 0.0880. The third kappa shape index (κ3) is 4.81. The first-order valence-corrected chi connectivity index (χ1v) is 17.4. The maximum atomic E-state index is 13.8. The van der Waals surface area contributed by atoms with Crippen LogP contribution >= 0.6 is 0 Å². The van der Waals surface area contributed by atoms with E-state index in [1.54, 1.807) is 36.4 Å². The van der Waals surface area contributed by atoms with E-state index in [4.69, 9.17) is 0 Å². The van der Waals surface area contributed by atoms with E-state index in [1.165, 1.54) is 23.3 Å². The predicted molar refractivity (Wildman–Crippen MR) is 195 cm³/mol. The molecule has 0 bridgehead atoms. The molecule has 2 amide bonds. The first kappa shape index (κ1) is 31.0. The molecule has 2 aliphatic carbocycles. The largest absolute Gasteiger partial charge is 0.309 e. The summed E-state index contributed by atoms with van der Waals surface area (Å²) in [5, 5.41) is 1.50. The molecule has 2 heterocycles. The van der Waals surface area contributed by atoms with Gasteiger partial charge in [-0.15, -0.1) is 0 Å². The number of nitrogens with one attached hydrogen (secondary N) is 1. The quantitative estimate of drug-likeness (QED) is 0.147. The first-order valence-electron chi connectivity index (χ1n) is 17.4. The SMILES string of the molecule is Cc1c(C2CCCC2)ccc(N2C(=O)c3cc4cc5c(cc4cc3C2=O)C(=O)C(c2nc3ccc(Cc4ccccc4)cc3c(=O)[nH]2)C5=O)c1C. The molecule has 5 aromatic carbocycles. The van der Waals surface area contributed by atoms with Crippen LogP contribution in [-0.4, -0.2) is 33.3 Å². The summed E-state index contributed by atoms with van der Waals surface area (Å²) in [6.45, 7) is 4.02. The minimum Gasteiger partial charge on any atom is -0.309 e. The van der Waals surface area contributed by atoms with Crippen molar-refractivity contribution < 1.29 is 19.2 Å². The number of Topliss-reactive ketones (excluding diaryl/α,β-unsaturated/α-hetero) is 2. The number of aromatic nitrogens is 2. The number of nitrogens with zero attached hydrogens (tertiary/aromatic N) is 2. The average Bonchev–Trinajstić information content (AvgIpc) is 3.81. The number of rotatable bonds is 5. The smallest absolute Gasteiger partial charge is 0.266 e. The maximum Gasteiger partial charge on any atom is 0.266 e. The molecule has 250 valence electrons. The van der Waals surface area contributed by atoms with Crippen molar-refractivity contribution >= 4 is 50.7 Å². The van der Waals surface area contributed by atoms with Crippen molar-refractivity contribution in [3.05, 3.63) is 151 Å². The molecule has 6 aromatic rings. The summed E-state index contributed by atoms with van der Waals surface area (Å²) in [7, 11) is 0. The second kappa shape index (κ2) is 11.5. The number of benzene rings is 5. The molecule has 0 unspecified atom stereocenters. The van der Waals surface area contributed by atoms with Gasteiger partial charge in [-0.25, -0.2) is 9.88 Å². The van der Waals surface area contributed by atoms with Crippen LogP contribution in [0, 0.1) is 13.8 Å². The number of hydrogen-bond donors (Lipinski definition) is 1. The Morgan fingerprint density at radius 2 is 1.31 bits per heavy atom. The standard InChI is InChI=1S/C43H33N3O5/c1-22-23(2)36(15-13-29(22)26-10-6-7-11-26)46-42(50)32-20-27-18-30-31(19-28(27)21-33(32)43(46)51)39(48)37(38(30)47)40-44-35-14-12-25(17-34(35)41(49)45-40)16-24-8-4-3-5-9-24/h3-5,8-9,12-15,17-21,26,37H,6-7,10-11,16H2,1-2H3,(H,44,45,49). The molecule has 1 saturated carbocycles. The lowest BCUT2D eigenvalue weighted by Crippen LogP contribution is -2.30. The number of anilines is 1. The Bertz CT molecular complexity index is 2520. The highest BCUT2D eigenvalue weighted by molar-refractivity contribution is 6.36. The van der Waals surface area contributed by atoms with Crippen LogP contribution in [0.25, 0.3) is 21.7 Å². The molecule has 3 aliphatic rings. The molecule has 0 radical (unpaired) electrons. The molecule has 8 nitrogen and oxygen atoms in total. The molecule has 0 atom stereocenters. The van der Waals surface area contributed by atoms with Crippen LogP contribution in [-0.2, 0) is 6.42 Å². The third-order valence-electron chi connectivity index (χ3n) is 11.2. The maximum absolute atomic E-state index is 13.8.